The van der Waals surface area contributed by atoms with E-state index in [4.69, 9.17) is 24.3 Å². The molecule has 0 saturated carbocycles. The molecule has 0 aliphatic heterocycles. The van der Waals surface area contributed by atoms with Crippen LogP contribution in [0.4, 0.5) is 0 Å². The first kappa shape index (κ1) is 35.2. The summed E-state index contributed by atoms with van der Waals surface area (Å²) in [7, 11) is -4.24. The lowest BCUT2D eigenvalue weighted by Gasteiger charge is -2.20. The molecule has 0 aromatic rings. The van der Waals surface area contributed by atoms with Gasteiger partial charge < -0.3 is 20.1 Å². The van der Waals surface area contributed by atoms with Crippen molar-refractivity contribution in [2.45, 2.75) is 123 Å². The SMILES string of the molecule is CCCCCCC/C=C\CCCCCCCCOCC(COP(=O)(O)OCCN)OC(=O)CCCC. The summed E-state index contributed by atoms with van der Waals surface area (Å²) in [5.41, 5.74) is 5.28. The van der Waals surface area contributed by atoms with E-state index in [1.54, 1.807) is 0 Å². The molecule has 0 radical (unpaired) electrons. The first-order valence-electron chi connectivity index (χ1n) is 14.2. The van der Waals surface area contributed by atoms with Crippen molar-refractivity contribution >= 4 is 13.8 Å². The number of allylic oxidation sites excluding steroid dienone is 2. The first-order valence-corrected chi connectivity index (χ1v) is 15.7. The number of carbonyl (C=O) groups excluding carboxylic acids is 1. The number of nitrogens with two attached hydrogens (primary N) is 1. The van der Waals surface area contributed by atoms with Gasteiger partial charge in [0.15, 0.2) is 0 Å². The van der Waals surface area contributed by atoms with Crippen LogP contribution < -0.4 is 5.73 Å². The molecule has 0 fully saturated rings. The van der Waals surface area contributed by atoms with Gasteiger partial charge in [0.1, 0.15) is 6.10 Å². The summed E-state index contributed by atoms with van der Waals surface area (Å²) in [6.07, 6.45) is 21.8. The molecule has 0 aliphatic rings. The number of phosphoric ester groups is 1. The Morgan fingerprint density at radius 2 is 1.39 bits per heavy atom. The lowest BCUT2D eigenvalue weighted by molar-refractivity contribution is -0.154. The zero-order chi connectivity index (χ0) is 26.7. The van der Waals surface area contributed by atoms with Crippen LogP contribution in [0.5, 0.6) is 0 Å². The summed E-state index contributed by atoms with van der Waals surface area (Å²) in [5, 5.41) is 0. The lowest BCUT2D eigenvalue weighted by atomic mass is 10.1. The highest BCUT2D eigenvalue weighted by Crippen LogP contribution is 2.43. The number of hydrogen-bond donors (Lipinski definition) is 2. The quantitative estimate of drug-likeness (QED) is 0.0508. The minimum Gasteiger partial charge on any atom is -0.457 e. The molecule has 0 saturated heterocycles. The maximum absolute atomic E-state index is 12.0. The molecule has 0 aromatic heterocycles. The van der Waals surface area contributed by atoms with Gasteiger partial charge in [0.2, 0.25) is 0 Å². The zero-order valence-corrected chi connectivity index (χ0v) is 23.9. The van der Waals surface area contributed by atoms with Crippen molar-refractivity contribution in [1.82, 2.24) is 0 Å². The van der Waals surface area contributed by atoms with Gasteiger partial charge in [0, 0.05) is 19.6 Å². The Bertz CT molecular complexity index is 574. The van der Waals surface area contributed by atoms with Crippen LogP contribution in [0, 0.1) is 0 Å². The second kappa shape index (κ2) is 25.9. The number of ether oxygens (including phenoxy) is 2. The van der Waals surface area contributed by atoms with Crippen molar-refractivity contribution < 1.29 is 32.8 Å². The Balaban J connectivity index is 3.90. The van der Waals surface area contributed by atoms with Gasteiger partial charge in [0.05, 0.1) is 19.8 Å². The number of rotatable bonds is 27. The molecule has 36 heavy (non-hydrogen) atoms. The van der Waals surface area contributed by atoms with Crippen LogP contribution >= 0.6 is 7.82 Å². The van der Waals surface area contributed by atoms with Crippen LogP contribution in [0.15, 0.2) is 12.2 Å². The predicted molar refractivity (Wildman–Crippen MR) is 146 cm³/mol. The maximum Gasteiger partial charge on any atom is 0.472 e. The third kappa shape index (κ3) is 24.9. The van der Waals surface area contributed by atoms with Gasteiger partial charge in [-0.1, -0.05) is 83.8 Å². The molecule has 9 heteroatoms. The largest absolute Gasteiger partial charge is 0.472 e. The Labute approximate surface area is 220 Å². The fraction of sp³-hybridized carbons (Fsp3) is 0.889. The van der Waals surface area contributed by atoms with Crippen LogP contribution in [0.1, 0.15) is 117 Å². The third-order valence-electron chi connectivity index (χ3n) is 5.68. The summed E-state index contributed by atoms with van der Waals surface area (Å²) in [5.74, 6) is -0.369. The second-order valence-electron chi connectivity index (χ2n) is 9.26. The zero-order valence-electron chi connectivity index (χ0n) is 23.0. The van der Waals surface area contributed by atoms with Gasteiger partial charge in [-0.3, -0.25) is 13.8 Å². The van der Waals surface area contributed by atoms with E-state index < -0.39 is 13.9 Å². The van der Waals surface area contributed by atoms with Gasteiger partial charge in [-0.05, 0) is 38.5 Å². The molecule has 3 N–H and O–H groups in total. The standard InChI is InChI=1S/C27H54NO7P/c1-3-5-7-8-9-10-11-12-13-14-15-16-17-18-19-22-32-24-26(35-27(29)20-6-4-2)25-34-36(30,31)33-23-21-28/h11-12,26H,3-10,13-25,28H2,1-2H3,(H,30,31)/b12-11-. The van der Waals surface area contributed by atoms with Crippen LogP contribution in [0.2, 0.25) is 0 Å². The third-order valence-corrected chi connectivity index (χ3v) is 6.67. The molecular formula is C27H54NO7P. The number of unbranched alkanes of at least 4 members (excludes halogenated alkanes) is 12. The summed E-state index contributed by atoms with van der Waals surface area (Å²) in [4.78, 5) is 21.6. The van der Waals surface area contributed by atoms with Crippen LogP contribution in [-0.2, 0) is 27.9 Å². The summed E-state index contributed by atoms with van der Waals surface area (Å²) in [6, 6.07) is 0. The minimum atomic E-state index is -4.24. The van der Waals surface area contributed by atoms with Crippen molar-refractivity contribution in [3.63, 3.8) is 0 Å². The predicted octanol–water partition coefficient (Wildman–Crippen LogP) is 6.84. The molecule has 8 nitrogen and oxygen atoms in total. The normalized spacial score (nSPS) is 14.2. The number of esters is 1. The van der Waals surface area contributed by atoms with Crippen LogP contribution in [-0.4, -0.2) is 49.9 Å². The summed E-state index contributed by atoms with van der Waals surface area (Å²) < 4.78 is 32.5. The second-order valence-corrected chi connectivity index (χ2v) is 10.7. The summed E-state index contributed by atoms with van der Waals surface area (Å²) in [6.45, 7) is 4.62. The van der Waals surface area contributed by atoms with E-state index in [0.29, 0.717) is 13.0 Å². The molecule has 0 heterocycles. The highest BCUT2D eigenvalue weighted by atomic mass is 31.2. The molecule has 214 valence electrons. The molecule has 0 spiro atoms. The molecule has 0 amide bonds. The van der Waals surface area contributed by atoms with Crippen molar-refractivity contribution in [3.8, 4) is 0 Å². The molecule has 2 atom stereocenters. The van der Waals surface area contributed by atoms with Gasteiger partial charge in [-0.2, -0.15) is 0 Å². The van der Waals surface area contributed by atoms with E-state index in [9.17, 15) is 14.3 Å². The first-order chi connectivity index (χ1) is 17.4. The van der Waals surface area contributed by atoms with E-state index >= 15 is 0 Å². The molecule has 0 aliphatic carbocycles. The van der Waals surface area contributed by atoms with Gasteiger partial charge in [-0.15, -0.1) is 0 Å². The fourth-order valence-electron chi connectivity index (χ4n) is 3.55. The van der Waals surface area contributed by atoms with E-state index in [0.717, 1.165) is 25.7 Å². The van der Waals surface area contributed by atoms with Gasteiger partial charge in [0.25, 0.3) is 0 Å². The lowest BCUT2D eigenvalue weighted by Crippen LogP contribution is -2.28. The summed E-state index contributed by atoms with van der Waals surface area (Å²) >= 11 is 0. The van der Waals surface area contributed by atoms with E-state index in [1.807, 2.05) is 6.92 Å². The average molecular weight is 536 g/mol. The van der Waals surface area contributed by atoms with Gasteiger partial charge in [-0.25, -0.2) is 4.57 Å². The minimum absolute atomic E-state index is 0.0961. The average Bonchev–Trinajstić information content (AvgIpc) is 2.86. The topological polar surface area (TPSA) is 117 Å². The molecular weight excluding hydrogens is 481 g/mol. The van der Waals surface area contributed by atoms with Crippen molar-refractivity contribution in [3.05, 3.63) is 12.2 Å². The van der Waals surface area contributed by atoms with E-state index in [1.165, 1.54) is 70.6 Å². The highest BCUT2D eigenvalue weighted by molar-refractivity contribution is 7.47. The van der Waals surface area contributed by atoms with Crippen LogP contribution in [0.25, 0.3) is 0 Å². The Morgan fingerprint density at radius 3 is 2.00 bits per heavy atom. The Hall–Kier alpha value is -0.760. The maximum atomic E-state index is 12.0. The highest BCUT2D eigenvalue weighted by Gasteiger charge is 2.25. The smallest absolute Gasteiger partial charge is 0.457 e. The van der Waals surface area contributed by atoms with Crippen molar-refractivity contribution in [2.75, 3.05) is 33.0 Å². The number of phosphoric acid groups is 1. The van der Waals surface area contributed by atoms with Crippen LogP contribution in [0.3, 0.4) is 0 Å². The number of carbonyl (C=O) groups is 1. The Morgan fingerprint density at radius 1 is 0.806 bits per heavy atom. The van der Waals surface area contributed by atoms with Crippen molar-refractivity contribution in [1.29, 1.82) is 0 Å². The van der Waals surface area contributed by atoms with E-state index in [2.05, 4.69) is 19.1 Å². The molecule has 0 bridgehead atoms. The Kier molecular flexibility index (Phi) is 25.3. The van der Waals surface area contributed by atoms with Gasteiger partial charge >= 0.3 is 13.8 Å². The number of hydrogen-bond acceptors (Lipinski definition) is 7. The fourth-order valence-corrected chi connectivity index (χ4v) is 4.32. The van der Waals surface area contributed by atoms with E-state index in [-0.39, 0.29) is 32.3 Å². The molecule has 0 aromatic carbocycles. The molecule has 0 rings (SSSR count). The monoisotopic (exact) mass is 535 g/mol. The van der Waals surface area contributed by atoms with Crippen molar-refractivity contribution in [2.24, 2.45) is 5.73 Å². The molecule has 2 unspecified atom stereocenters.